The number of hydrogen-bond acceptors (Lipinski definition) is 6. The summed E-state index contributed by atoms with van der Waals surface area (Å²) in [5, 5.41) is 9.92. The van der Waals surface area contributed by atoms with Gasteiger partial charge in [0.15, 0.2) is 5.82 Å². The fourth-order valence-corrected chi connectivity index (χ4v) is 3.79. The number of carbonyl (C=O) groups is 1. The number of benzene rings is 1. The third-order valence-electron chi connectivity index (χ3n) is 5.85. The van der Waals surface area contributed by atoms with Gasteiger partial charge in [-0.05, 0) is 18.4 Å². The molecular formula is C23H21F5N8O2. The first-order valence-electron chi connectivity index (χ1n) is 11.6. The average molecular weight is 536 g/mol. The Morgan fingerprint density at radius 1 is 1.13 bits per heavy atom. The van der Waals surface area contributed by atoms with Crippen LogP contribution in [0.3, 0.4) is 0 Å². The Labute approximate surface area is 211 Å². The van der Waals surface area contributed by atoms with Crippen molar-refractivity contribution in [3.05, 3.63) is 53.7 Å². The molecule has 38 heavy (non-hydrogen) atoms. The number of H-pyrrole nitrogens is 2. The second-order valence-corrected chi connectivity index (χ2v) is 8.64. The van der Waals surface area contributed by atoms with Gasteiger partial charge in [-0.3, -0.25) is 9.89 Å². The van der Waals surface area contributed by atoms with Crippen molar-refractivity contribution in [1.82, 2.24) is 40.2 Å². The van der Waals surface area contributed by atoms with Crippen molar-refractivity contribution in [2.45, 2.75) is 51.1 Å². The molecule has 1 fully saturated rings. The van der Waals surface area contributed by atoms with Crippen molar-refractivity contribution >= 4 is 5.91 Å². The summed E-state index contributed by atoms with van der Waals surface area (Å²) < 4.78 is 68.4. The molecule has 1 aliphatic carbocycles. The van der Waals surface area contributed by atoms with Crippen LogP contribution in [0.4, 0.5) is 22.0 Å². The molecule has 4 aromatic rings. The maximum Gasteiger partial charge on any atom is 0.432 e. The van der Waals surface area contributed by atoms with Gasteiger partial charge in [0, 0.05) is 24.4 Å². The molecule has 0 bridgehead atoms. The third-order valence-corrected chi connectivity index (χ3v) is 5.85. The largest absolute Gasteiger partial charge is 0.432 e. The first-order valence-corrected chi connectivity index (χ1v) is 11.6. The predicted octanol–water partition coefficient (Wildman–Crippen LogP) is 4.26. The number of halogens is 5. The minimum Gasteiger partial charge on any atom is -0.416 e. The number of carbonyl (C=O) groups excluding carboxylic acids is 1. The zero-order valence-corrected chi connectivity index (χ0v) is 19.6. The molecule has 1 aromatic carbocycles. The van der Waals surface area contributed by atoms with Crippen LogP contribution >= 0.6 is 0 Å². The Hall–Kier alpha value is -4.30. The van der Waals surface area contributed by atoms with E-state index in [9.17, 15) is 26.7 Å². The minimum absolute atomic E-state index is 0.0917. The second kappa shape index (κ2) is 10.2. The van der Waals surface area contributed by atoms with Crippen LogP contribution < -0.4 is 10.1 Å². The Morgan fingerprint density at radius 2 is 1.87 bits per heavy atom. The van der Waals surface area contributed by atoms with Crippen LogP contribution in [0, 0.1) is 0 Å². The molecule has 0 saturated heterocycles. The molecule has 15 heteroatoms. The number of aryl methyl sites for hydroxylation is 1. The second-order valence-electron chi connectivity index (χ2n) is 8.64. The molecule has 0 spiro atoms. The molecular weight excluding hydrogens is 515 g/mol. The highest BCUT2D eigenvalue weighted by atomic mass is 19.4. The summed E-state index contributed by atoms with van der Waals surface area (Å²) in [7, 11) is 0. The van der Waals surface area contributed by atoms with Gasteiger partial charge in [-0.25, -0.2) is 19.7 Å². The van der Waals surface area contributed by atoms with E-state index in [0.717, 1.165) is 24.6 Å². The van der Waals surface area contributed by atoms with Crippen molar-refractivity contribution in [3.8, 4) is 28.7 Å². The monoisotopic (exact) mass is 536 g/mol. The summed E-state index contributed by atoms with van der Waals surface area (Å²) in [5.41, 5.74) is 1.18. The summed E-state index contributed by atoms with van der Waals surface area (Å²) in [4.78, 5) is 27.7. The molecule has 0 radical (unpaired) electrons. The highest BCUT2D eigenvalue weighted by molar-refractivity contribution is 5.75. The van der Waals surface area contributed by atoms with Crippen LogP contribution in [0.15, 0.2) is 36.8 Å². The first-order chi connectivity index (χ1) is 18.2. The number of rotatable bonds is 10. The lowest BCUT2D eigenvalue weighted by molar-refractivity contribution is -0.140. The number of nitrogens with zero attached hydrogens (tertiary/aromatic N) is 5. The van der Waals surface area contributed by atoms with E-state index in [0.29, 0.717) is 22.6 Å². The van der Waals surface area contributed by atoms with E-state index in [1.807, 2.05) is 0 Å². The van der Waals surface area contributed by atoms with Crippen molar-refractivity contribution < 1.29 is 31.5 Å². The SMILES string of the molecule is O=C(CCn1nc(-c2c(OC(F)F)ncnc2C2CC2)[nH]1)NCc1ccc(-c2ncc(C(F)(F)F)[nH]2)cc1. The number of imidazole rings is 1. The number of alkyl halides is 5. The van der Waals surface area contributed by atoms with E-state index in [1.54, 1.807) is 24.3 Å². The molecule has 0 aliphatic heterocycles. The van der Waals surface area contributed by atoms with Crippen LogP contribution in [0.5, 0.6) is 5.88 Å². The molecule has 5 rings (SSSR count). The van der Waals surface area contributed by atoms with Crippen molar-refractivity contribution in [2.75, 3.05) is 0 Å². The maximum absolute atomic E-state index is 12.8. The van der Waals surface area contributed by atoms with Crippen LogP contribution in [-0.4, -0.2) is 47.4 Å². The highest BCUT2D eigenvalue weighted by Crippen LogP contribution is 2.45. The zero-order valence-electron chi connectivity index (χ0n) is 19.6. The average Bonchev–Trinajstić information content (AvgIpc) is 3.56. The molecule has 1 aliphatic rings. The number of aromatic amines is 2. The number of aromatic nitrogens is 7. The van der Waals surface area contributed by atoms with E-state index in [1.165, 1.54) is 11.1 Å². The lowest BCUT2D eigenvalue weighted by atomic mass is 10.1. The summed E-state index contributed by atoms with van der Waals surface area (Å²) in [6.07, 6.45) is -0.714. The van der Waals surface area contributed by atoms with Crippen LogP contribution in [0.2, 0.25) is 0 Å². The maximum atomic E-state index is 12.8. The van der Waals surface area contributed by atoms with Gasteiger partial charge < -0.3 is 15.0 Å². The van der Waals surface area contributed by atoms with Crippen LogP contribution in [0.1, 0.15) is 42.1 Å². The van der Waals surface area contributed by atoms with Gasteiger partial charge in [0.25, 0.3) is 0 Å². The van der Waals surface area contributed by atoms with Gasteiger partial charge in [0.05, 0.1) is 18.4 Å². The quantitative estimate of drug-likeness (QED) is 0.260. The van der Waals surface area contributed by atoms with Crippen molar-refractivity contribution in [3.63, 3.8) is 0 Å². The Bertz CT molecular complexity index is 1390. The molecule has 200 valence electrons. The standard InChI is InChI=1S/C23H21F5N8O2/c24-22(25)38-21-17(18(13-5-6-13)31-11-32-21)20-34-36(35-20)8-7-16(37)29-9-12-1-3-14(4-2-12)19-30-10-15(33-19)23(26,27)28/h1-4,10-11,13,22H,5-9H2,(H,29,37)(H,30,33)(H,34,35). The lowest BCUT2D eigenvalue weighted by Gasteiger charge is -2.17. The molecule has 1 saturated carbocycles. The van der Waals surface area contributed by atoms with Gasteiger partial charge in [0.1, 0.15) is 23.4 Å². The van der Waals surface area contributed by atoms with Gasteiger partial charge in [-0.1, -0.05) is 24.3 Å². The zero-order chi connectivity index (χ0) is 26.9. The van der Waals surface area contributed by atoms with Gasteiger partial charge >= 0.3 is 12.8 Å². The minimum atomic E-state index is -4.50. The number of nitrogens with one attached hydrogen (secondary N) is 3. The molecule has 1 amide bonds. The number of amides is 1. The van der Waals surface area contributed by atoms with Crippen molar-refractivity contribution in [1.29, 1.82) is 0 Å². The van der Waals surface area contributed by atoms with E-state index < -0.39 is 18.5 Å². The normalized spacial score (nSPS) is 13.7. The molecule has 10 nitrogen and oxygen atoms in total. The number of hydrogen-bond donors (Lipinski definition) is 3. The third kappa shape index (κ3) is 5.81. The summed E-state index contributed by atoms with van der Waals surface area (Å²) in [5.74, 6) is 0.0164. The van der Waals surface area contributed by atoms with Crippen molar-refractivity contribution in [2.24, 2.45) is 0 Å². The summed E-state index contributed by atoms with van der Waals surface area (Å²) in [6.45, 7) is -2.61. The molecule has 0 unspecified atom stereocenters. The summed E-state index contributed by atoms with van der Waals surface area (Å²) in [6, 6.07) is 6.57. The van der Waals surface area contributed by atoms with Crippen LogP contribution in [-0.2, 0) is 24.1 Å². The van der Waals surface area contributed by atoms with Gasteiger partial charge in [-0.2, -0.15) is 22.0 Å². The lowest BCUT2D eigenvalue weighted by Crippen LogP contribution is -2.26. The smallest absolute Gasteiger partial charge is 0.416 e. The fraction of sp³-hybridized carbons (Fsp3) is 0.348. The molecule has 3 N–H and O–H groups in total. The van der Waals surface area contributed by atoms with Crippen LogP contribution in [0.25, 0.3) is 22.8 Å². The summed E-state index contributed by atoms with van der Waals surface area (Å²) >= 11 is 0. The first kappa shape index (κ1) is 25.4. The Kier molecular flexibility index (Phi) is 6.82. The molecule has 3 heterocycles. The van der Waals surface area contributed by atoms with Gasteiger partial charge in [-0.15, -0.1) is 5.10 Å². The predicted molar refractivity (Wildman–Crippen MR) is 122 cm³/mol. The molecule has 3 aromatic heterocycles. The Morgan fingerprint density at radius 3 is 2.50 bits per heavy atom. The molecule has 0 atom stereocenters. The van der Waals surface area contributed by atoms with E-state index in [4.69, 9.17) is 0 Å². The number of ether oxygens (including phenoxy) is 1. The Balaban J connectivity index is 1.13. The van der Waals surface area contributed by atoms with E-state index in [-0.39, 0.29) is 43.0 Å². The fourth-order valence-electron chi connectivity index (χ4n) is 3.79. The van der Waals surface area contributed by atoms with Gasteiger partial charge in [0.2, 0.25) is 11.8 Å². The van der Waals surface area contributed by atoms with E-state index >= 15 is 0 Å². The van der Waals surface area contributed by atoms with E-state index in [2.05, 4.69) is 40.2 Å². The topological polar surface area (TPSA) is 126 Å². The highest BCUT2D eigenvalue weighted by Gasteiger charge is 2.34.